The van der Waals surface area contributed by atoms with E-state index in [2.05, 4.69) is 32.5 Å². The Morgan fingerprint density at radius 2 is 2.03 bits per heavy atom. The molecule has 1 aliphatic carbocycles. The third-order valence-corrected chi connectivity index (χ3v) is 7.66. The van der Waals surface area contributed by atoms with Gasteiger partial charge in [-0.15, -0.1) is 0 Å². The monoisotopic (exact) mass is 541 g/mol. The average molecular weight is 542 g/mol. The van der Waals surface area contributed by atoms with Crippen molar-refractivity contribution in [2.24, 2.45) is 0 Å². The number of aliphatic hydroxyl groups excluding tert-OH is 3. The molecule has 2 aliphatic rings. The van der Waals surface area contributed by atoms with E-state index >= 15 is 0 Å². The molecule has 6 N–H and O–H groups in total. The van der Waals surface area contributed by atoms with Crippen molar-refractivity contribution in [2.45, 2.75) is 49.3 Å². The number of rotatable bonds is 8. The van der Waals surface area contributed by atoms with E-state index in [0.29, 0.717) is 11.2 Å². The Kier molecular flexibility index (Phi) is 7.03. The maximum atomic E-state index is 11.4. The predicted molar refractivity (Wildman–Crippen MR) is 126 cm³/mol. The van der Waals surface area contributed by atoms with Crippen molar-refractivity contribution in [3.05, 3.63) is 46.9 Å². The first kappa shape index (κ1) is 25.5. The van der Waals surface area contributed by atoms with Crippen molar-refractivity contribution >= 4 is 36.0 Å². The minimum atomic E-state index is -4.74. The second-order valence-corrected chi connectivity index (χ2v) is 10.8. The van der Waals surface area contributed by atoms with Crippen molar-refractivity contribution in [2.75, 3.05) is 18.5 Å². The lowest BCUT2D eigenvalue weighted by molar-refractivity contribution is -0.0807. The highest BCUT2D eigenvalue weighted by Gasteiger charge is 2.46. The molecule has 1 fully saturated rings. The van der Waals surface area contributed by atoms with E-state index in [1.54, 1.807) is 0 Å². The van der Waals surface area contributed by atoms with Crippen LogP contribution in [0.4, 0.5) is 5.82 Å². The van der Waals surface area contributed by atoms with E-state index in [0.717, 1.165) is 12.8 Å². The maximum Gasteiger partial charge on any atom is 0.356 e. The maximum absolute atomic E-state index is 11.4. The highest BCUT2D eigenvalue weighted by atomic mass is 35.5. The van der Waals surface area contributed by atoms with Gasteiger partial charge in [-0.25, -0.2) is 4.68 Å². The zero-order valence-electron chi connectivity index (χ0n) is 18.8. The third-order valence-electron chi connectivity index (χ3n) is 6.43. The van der Waals surface area contributed by atoms with E-state index in [1.165, 1.54) is 22.0 Å². The Bertz CT molecular complexity index is 1300. The molecule has 0 spiro atoms. The zero-order valence-corrected chi connectivity index (χ0v) is 20.4. The first-order chi connectivity index (χ1) is 17.2. The van der Waals surface area contributed by atoms with Gasteiger partial charge in [-0.2, -0.15) is 15.1 Å². The number of nitrogens with zero attached hydrogens (tertiary/aromatic N) is 4. The number of halogens is 1. The fourth-order valence-electron chi connectivity index (χ4n) is 4.60. The molecular weight excluding hydrogens is 517 g/mol. The van der Waals surface area contributed by atoms with Crippen molar-refractivity contribution in [3.8, 4) is 0 Å². The van der Waals surface area contributed by atoms with Gasteiger partial charge in [0.2, 0.25) is 5.28 Å². The van der Waals surface area contributed by atoms with Gasteiger partial charge in [0.1, 0.15) is 24.1 Å². The standard InChI is InChI=1S/C21H25ClN5O8P/c22-21-25-18(24-13-6-5-10-3-1-2-4-11(10)13)12-7-23-27(19(12)26-21)20-17(30)16(29)14(35-20)9-34-15(8-28)36(31,32)33/h1-4,7,13-17,20,28-30H,5-6,8-9H2,(H,24,25,26)(H2,31,32,33)/t13-,14+,15?,16+,17+,20+/m0/s1. The quantitative estimate of drug-likeness (QED) is 0.173. The lowest BCUT2D eigenvalue weighted by atomic mass is 10.1. The van der Waals surface area contributed by atoms with E-state index in [4.69, 9.17) is 26.2 Å². The predicted octanol–water partition coefficient (Wildman–Crippen LogP) is 0.711. The summed E-state index contributed by atoms with van der Waals surface area (Å²) in [6.45, 7) is -1.42. The Hall–Kier alpha value is -2.19. The number of anilines is 1. The minimum Gasteiger partial charge on any atom is -0.393 e. The van der Waals surface area contributed by atoms with Crippen molar-refractivity contribution in [3.63, 3.8) is 0 Å². The van der Waals surface area contributed by atoms with Crippen LogP contribution >= 0.6 is 19.2 Å². The number of benzene rings is 1. The second kappa shape index (κ2) is 9.93. The first-order valence-electron chi connectivity index (χ1n) is 11.2. The second-order valence-electron chi connectivity index (χ2n) is 8.71. The van der Waals surface area contributed by atoms with Crippen LogP contribution in [0.1, 0.15) is 29.8 Å². The number of nitrogens with one attached hydrogen (secondary N) is 1. The topological polar surface area (TPSA) is 192 Å². The Labute approximate surface area is 209 Å². The smallest absolute Gasteiger partial charge is 0.356 e. The van der Waals surface area contributed by atoms with Crippen LogP contribution in [0.3, 0.4) is 0 Å². The largest absolute Gasteiger partial charge is 0.393 e. The molecule has 0 saturated carbocycles. The fourth-order valence-corrected chi connectivity index (χ4v) is 5.26. The third kappa shape index (κ3) is 4.74. The van der Waals surface area contributed by atoms with Crippen molar-refractivity contribution < 1.29 is 39.1 Å². The summed E-state index contributed by atoms with van der Waals surface area (Å²) in [6.07, 6.45) is -1.98. The molecule has 5 rings (SSSR count). The summed E-state index contributed by atoms with van der Waals surface area (Å²) >= 11 is 6.21. The molecule has 2 aromatic heterocycles. The Balaban J connectivity index is 1.38. The van der Waals surface area contributed by atoms with Crippen LogP contribution in [0.2, 0.25) is 5.28 Å². The van der Waals surface area contributed by atoms with Gasteiger partial charge in [0.15, 0.2) is 17.7 Å². The van der Waals surface area contributed by atoms with Crippen molar-refractivity contribution in [1.82, 2.24) is 19.7 Å². The lowest BCUT2D eigenvalue weighted by Gasteiger charge is -2.20. The van der Waals surface area contributed by atoms with Gasteiger partial charge < -0.3 is 39.9 Å². The van der Waals surface area contributed by atoms with Crippen LogP contribution in [0.5, 0.6) is 0 Å². The van der Waals surface area contributed by atoms with E-state index in [9.17, 15) is 24.6 Å². The van der Waals surface area contributed by atoms with E-state index < -0.39 is 51.2 Å². The van der Waals surface area contributed by atoms with Crippen LogP contribution in [0.15, 0.2) is 30.5 Å². The highest BCUT2D eigenvalue weighted by molar-refractivity contribution is 7.52. The van der Waals surface area contributed by atoms with Gasteiger partial charge in [-0.3, -0.25) is 4.57 Å². The van der Waals surface area contributed by atoms with Gasteiger partial charge >= 0.3 is 7.60 Å². The molecule has 6 atom stereocenters. The van der Waals surface area contributed by atoms with Crippen LogP contribution in [-0.2, 0) is 20.5 Å². The van der Waals surface area contributed by atoms with E-state index in [-0.39, 0.29) is 17.0 Å². The summed E-state index contributed by atoms with van der Waals surface area (Å²) in [6, 6.07) is 8.14. The molecule has 194 valence electrons. The van der Waals surface area contributed by atoms with Crippen LogP contribution < -0.4 is 5.32 Å². The summed E-state index contributed by atoms with van der Waals surface area (Å²) in [4.78, 5) is 27.0. The Morgan fingerprint density at radius 1 is 1.25 bits per heavy atom. The summed E-state index contributed by atoms with van der Waals surface area (Å²) in [7, 11) is -4.74. The molecular formula is C21H25ClN5O8P. The number of fused-ring (bicyclic) bond motifs is 2. The summed E-state index contributed by atoms with van der Waals surface area (Å²) < 4.78 is 23.4. The van der Waals surface area contributed by atoms with Crippen molar-refractivity contribution in [1.29, 1.82) is 0 Å². The molecule has 36 heavy (non-hydrogen) atoms. The number of hydrogen-bond donors (Lipinski definition) is 6. The molecule has 0 amide bonds. The average Bonchev–Trinajstić information content (AvgIpc) is 3.51. The first-order valence-corrected chi connectivity index (χ1v) is 13.3. The Morgan fingerprint density at radius 3 is 2.78 bits per heavy atom. The molecule has 1 aromatic carbocycles. The number of ether oxygens (including phenoxy) is 2. The molecule has 3 aromatic rings. The number of aromatic nitrogens is 4. The van der Waals surface area contributed by atoms with Crippen LogP contribution in [0.25, 0.3) is 11.0 Å². The number of aryl methyl sites for hydroxylation is 1. The van der Waals surface area contributed by atoms with Gasteiger partial charge in [0, 0.05) is 0 Å². The van der Waals surface area contributed by atoms with Gasteiger partial charge in [-0.05, 0) is 35.6 Å². The molecule has 0 radical (unpaired) electrons. The van der Waals surface area contributed by atoms with E-state index in [1.807, 2.05) is 12.1 Å². The normalized spacial score (nSPS) is 26.9. The summed E-state index contributed by atoms with van der Waals surface area (Å²) in [5.41, 5.74) is 2.68. The molecule has 13 nitrogen and oxygen atoms in total. The molecule has 0 bridgehead atoms. The highest BCUT2D eigenvalue weighted by Crippen LogP contribution is 2.42. The van der Waals surface area contributed by atoms with Gasteiger partial charge in [0.25, 0.3) is 0 Å². The van der Waals surface area contributed by atoms with Crippen LogP contribution in [0, 0.1) is 0 Å². The zero-order chi connectivity index (χ0) is 25.6. The van der Waals surface area contributed by atoms with Crippen LogP contribution in [-0.4, -0.2) is 82.2 Å². The molecule has 3 heterocycles. The minimum absolute atomic E-state index is 0.0175. The molecule has 1 saturated heterocycles. The number of hydrogen-bond acceptors (Lipinski definition) is 10. The molecule has 1 unspecified atom stereocenters. The fraction of sp³-hybridized carbons (Fsp3) is 0.476. The SMILES string of the molecule is O=P(O)(O)C(CO)OC[C@H]1O[C@@H](n2ncc3c(N[C@H]4CCc5ccccc54)nc(Cl)nc32)[C@H](O)[C@@H]1O. The lowest BCUT2D eigenvalue weighted by Crippen LogP contribution is -2.35. The van der Waals surface area contributed by atoms with Gasteiger partial charge in [-0.1, -0.05) is 24.3 Å². The summed E-state index contributed by atoms with van der Waals surface area (Å²) in [5.74, 6) is -1.32. The number of aliphatic hydroxyl groups is 3. The molecule has 15 heteroatoms. The summed E-state index contributed by atoms with van der Waals surface area (Å²) in [5, 5.41) is 38.4. The van der Waals surface area contributed by atoms with Gasteiger partial charge in [0.05, 0.1) is 30.8 Å². The molecule has 1 aliphatic heterocycles.